The predicted molar refractivity (Wildman–Crippen MR) is 140 cm³/mol. The van der Waals surface area contributed by atoms with Gasteiger partial charge in [0.05, 0.1) is 0 Å². The number of carbonyl (C=O) groups excluding carboxylic acids is 1. The Bertz CT molecular complexity index is 897. The molecule has 4 fully saturated rings. The number of allylic oxidation sites excluding steroid dienone is 2. The summed E-state index contributed by atoms with van der Waals surface area (Å²) in [5.41, 5.74) is 3.92. The van der Waals surface area contributed by atoms with Crippen molar-refractivity contribution in [1.29, 1.82) is 0 Å². The molecule has 0 saturated heterocycles. The summed E-state index contributed by atoms with van der Waals surface area (Å²) in [4.78, 5) is 11.9. The monoisotopic (exact) mass is 468 g/mol. The number of fused-ring (bicyclic) bond motifs is 7. The molecule has 5 aliphatic rings. The molecular weight excluding hydrogens is 416 g/mol. The van der Waals surface area contributed by atoms with Crippen molar-refractivity contribution < 1.29 is 9.53 Å². The summed E-state index contributed by atoms with van der Waals surface area (Å²) in [7, 11) is 0. The molecule has 5 rings (SSSR count). The second-order valence-electron chi connectivity index (χ2n) is 15.8. The van der Waals surface area contributed by atoms with Gasteiger partial charge >= 0.3 is 5.97 Å². The van der Waals surface area contributed by atoms with Gasteiger partial charge in [0.25, 0.3) is 0 Å². The standard InChI is InChI=1S/C32H52O2/c1-21(33)34-26-13-14-30(7)24(28(26,4)5)12-15-32(9)25(30)11-10-22-23-20-27(2,3)16-17-29(23,6)18-19-31(22,32)8/h10,23-26H,11-20H2,1-9H3/t23-,24-,25+,26+,29-,30-,31+,32-/m1/s1. The zero-order valence-electron chi connectivity index (χ0n) is 23.8. The quantitative estimate of drug-likeness (QED) is 0.284. The van der Waals surface area contributed by atoms with Gasteiger partial charge in [-0.2, -0.15) is 0 Å². The van der Waals surface area contributed by atoms with Crippen LogP contribution < -0.4 is 0 Å². The van der Waals surface area contributed by atoms with Crippen molar-refractivity contribution in [3.63, 3.8) is 0 Å². The Morgan fingerprint density at radius 1 is 0.853 bits per heavy atom. The molecule has 0 aliphatic heterocycles. The minimum absolute atomic E-state index is 0.0451. The van der Waals surface area contributed by atoms with Crippen molar-refractivity contribution in [3.8, 4) is 0 Å². The van der Waals surface area contributed by atoms with Crippen LogP contribution in [0, 0.1) is 50.2 Å². The molecule has 0 radical (unpaired) electrons. The van der Waals surface area contributed by atoms with E-state index in [1.54, 1.807) is 6.92 Å². The maximum absolute atomic E-state index is 11.9. The normalized spacial score (nSPS) is 51.1. The Balaban J connectivity index is 1.53. The first kappa shape index (κ1) is 24.9. The molecule has 0 amide bonds. The third-order valence-electron chi connectivity index (χ3n) is 13.3. The van der Waals surface area contributed by atoms with E-state index in [9.17, 15) is 4.79 Å². The molecule has 0 aromatic carbocycles. The van der Waals surface area contributed by atoms with Crippen LogP contribution in [-0.4, -0.2) is 12.1 Å². The molecule has 2 heteroatoms. The Hall–Kier alpha value is -0.790. The summed E-state index contributed by atoms with van der Waals surface area (Å²) in [5, 5.41) is 0. The maximum Gasteiger partial charge on any atom is 0.302 e. The fraction of sp³-hybridized carbons (Fsp3) is 0.906. The van der Waals surface area contributed by atoms with E-state index in [2.05, 4.69) is 61.5 Å². The fourth-order valence-corrected chi connectivity index (χ4v) is 10.9. The average molecular weight is 469 g/mol. The van der Waals surface area contributed by atoms with Crippen LogP contribution in [0.25, 0.3) is 0 Å². The molecule has 0 unspecified atom stereocenters. The van der Waals surface area contributed by atoms with Crippen LogP contribution in [-0.2, 0) is 9.53 Å². The van der Waals surface area contributed by atoms with Crippen molar-refractivity contribution in [2.75, 3.05) is 0 Å². The lowest BCUT2D eigenvalue weighted by molar-refractivity contribution is -0.211. The topological polar surface area (TPSA) is 26.3 Å². The third kappa shape index (κ3) is 3.21. The first-order chi connectivity index (χ1) is 15.6. The van der Waals surface area contributed by atoms with Gasteiger partial charge < -0.3 is 4.74 Å². The molecule has 0 spiro atoms. The highest BCUT2D eigenvalue weighted by Gasteiger charge is 2.68. The highest BCUT2D eigenvalue weighted by atomic mass is 16.5. The third-order valence-corrected chi connectivity index (χ3v) is 13.3. The molecular formula is C32H52O2. The Labute approximate surface area is 210 Å². The lowest BCUT2D eigenvalue weighted by atomic mass is 9.33. The van der Waals surface area contributed by atoms with Gasteiger partial charge in [-0.15, -0.1) is 0 Å². The number of hydrogen-bond donors (Lipinski definition) is 0. The molecule has 0 aromatic rings. The van der Waals surface area contributed by atoms with E-state index in [-0.39, 0.29) is 17.5 Å². The van der Waals surface area contributed by atoms with Gasteiger partial charge in [0, 0.05) is 12.3 Å². The Morgan fingerprint density at radius 3 is 2.21 bits per heavy atom. The fourth-order valence-electron chi connectivity index (χ4n) is 10.9. The maximum atomic E-state index is 11.9. The summed E-state index contributed by atoms with van der Waals surface area (Å²) in [6.07, 6.45) is 15.9. The zero-order chi connectivity index (χ0) is 24.9. The summed E-state index contributed by atoms with van der Waals surface area (Å²) in [6, 6.07) is 0. The predicted octanol–water partition coefficient (Wildman–Crippen LogP) is 8.74. The molecule has 5 aliphatic carbocycles. The Morgan fingerprint density at radius 2 is 1.53 bits per heavy atom. The zero-order valence-corrected chi connectivity index (χ0v) is 23.8. The van der Waals surface area contributed by atoms with Crippen LogP contribution in [0.3, 0.4) is 0 Å². The lowest BCUT2D eigenvalue weighted by Gasteiger charge is -2.71. The molecule has 4 saturated carbocycles. The van der Waals surface area contributed by atoms with Crippen molar-refractivity contribution in [2.24, 2.45) is 50.2 Å². The smallest absolute Gasteiger partial charge is 0.302 e. The molecule has 2 nitrogen and oxygen atoms in total. The molecule has 0 heterocycles. The van der Waals surface area contributed by atoms with E-state index in [0.29, 0.717) is 33.0 Å². The first-order valence-electron chi connectivity index (χ1n) is 14.5. The first-order valence-corrected chi connectivity index (χ1v) is 14.5. The van der Waals surface area contributed by atoms with Gasteiger partial charge in [-0.05, 0) is 109 Å². The summed E-state index contributed by atoms with van der Waals surface area (Å²) < 4.78 is 5.91. The van der Waals surface area contributed by atoms with Crippen LogP contribution in [0.5, 0.6) is 0 Å². The lowest BCUT2D eigenvalue weighted by Crippen LogP contribution is -2.64. The van der Waals surface area contributed by atoms with Gasteiger partial charge in [0.1, 0.15) is 6.10 Å². The second-order valence-corrected chi connectivity index (χ2v) is 15.8. The van der Waals surface area contributed by atoms with E-state index < -0.39 is 0 Å². The Kier molecular flexibility index (Phi) is 5.40. The van der Waals surface area contributed by atoms with Crippen LogP contribution in [0.2, 0.25) is 0 Å². The van der Waals surface area contributed by atoms with E-state index in [4.69, 9.17) is 4.74 Å². The molecule has 0 bridgehead atoms. The molecule has 8 atom stereocenters. The molecule has 0 N–H and O–H groups in total. The van der Waals surface area contributed by atoms with Crippen LogP contribution >= 0.6 is 0 Å². The SMILES string of the molecule is CC(=O)O[C@H]1CC[C@]2(C)[C@H](CC[C@]3(C)[C@H]2CC=C2[C@H]4CC(C)(C)CC[C@]4(C)CC[C@@]23C)C1(C)C. The highest BCUT2D eigenvalue weighted by molar-refractivity contribution is 5.66. The summed E-state index contributed by atoms with van der Waals surface area (Å²) in [5.74, 6) is 2.01. The summed E-state index contributed by atoms with van der Waals surface area (Å²) in [6.45, 7) is 22.0. The van der Waals surface area contributed by atoms with Gasteiger partial charge in [-0.3, -0.25) is 4.79 Å². The van der Waals surface area contributed by atoms with Crippen molar-refractivity contribution >= 4 is 5.97 Å². The minimum atomic E-state index is -0.110. The van der Waals surface area contributed by atoms with E-state index in [0.717, 1.165) is 18.3 Å². The van der Waals surface area contributed by atoms with E-state index in [1.807, 2.05) is 5.57 Å². The molecule has 34 heavy (non-hydrogen) atoms. The van der Waals surface area contributed by atoms with Crippen LogP contribution in [0.15, 0.2) is 11.6 Å². The average Bonchev–Trinajstić information content (AvgIpc) is 2.72. The molecule has 192 valence electrons. The number of rotatable bonds is 1. The number of carbonyl (C=O) groups is 1. The minimum Gasteiger partial charge on any atom is -0.462 e. The second kappa shape index (κ2) is 7.38. The molecule has 0 aromatic heterocycles. The van der Waals surface area contributed by atoms with Crippen molar-refractivity contribution in [2.45, 2.75) is 133 Å². The number of esters is 1. The van der Waals surface area contributed by atoms with E-state index >= 15 is 0 Å². The number of ether oxygens (including phenoxy) is 1. The van der Waals surface area contributed by atoms with Crippen LogP contribution in [0.1, 0.15) is 127 Å². The van der Waals surface area contributed by atoms with Gasteiger partial charge in [0.2, 0.25) is 0 Å². The van der Waals surface area contributed by atoms with Crippen LogP contribution in [0.4, 0.5) is 0 Å². The van der Waals surface area contributed by atoms with E-state index in [1.165, 1.54) is 57.8 Å². The van der Waals surface area contributed by atoms with Gasteiger partial charge in [-0.1, -0.05) is 67.0 Å². The summed E-state index contributed by atoms with van der Waals surface area (Å²) >= 11 is 0. The number of hydrogen-bond acceptors (Lipinski definition) is 2. The largest absolute Gasteiger partial charge is 0.462 e. The van der Waals surface area contributed by atoms with Gasteiger partial charge in [-0.25, -0.2) is 0 Å². The highest BCUT2D eigenvalue weighted by Crippen LogP contribution is 2.75. The van der Waals surface area contributed by atoms with Crippen molar-refractivity contribution in [3.05, 3.63) is 11.6 Å². The van der Waals surface area contributed by atoms with Gasteiger partial charge in [0.15, 0.2) is 0 Å². The van der Waals surface area contributed by atoms with Crippen molar-refractivity contribution in [1.82, 2.24) is 0 Å².